The topological polar surface area (TPSA) is 61.6 Å². The first kappa shape index (κ1) is 23.2. The Morgan fingerprint density at radius 2 is 1.82 bits per heavy atom. The molecule has 0 amide bonds. The Hall–Kier alpha value is -2.94. The maximum absolute atomic E-state index is 12.8. The molecule has 0 saturated carbocycles. The highest BCUT2D eigenvalue weighted by Gasteiger charge is 2.30. The van der Waals surface area contributed by atoms with Gasteiger partial charge < -0.3 is 14.0 Å². The summed E-state index contributed by atoms with van der Waals surface area (Å²) in [5.74, 6) is 1.27. The second-order valence-corrected chi connectivity index (χ2v) is 8.65. The van der Waals surface area contributed by atoms with Crippen LogP contribution in [-0.4, -0.2) is 24.8 Å². The molecule has 1 aliphatic rings. The van der Waals surface area contributed by atoms with Gasteiger partial charge in [-0.1, -0.05) is 17.3 Å². The molecule has 0 aliphatic heterocycles. The minimum atomic E-state index is -4.37. The van der Waals surface area contributed by atoms with Gasteiger partial charge in [0.15, 0.2) is 12.4 Å². The number of aromatic nitrogens is 1. The molecule has 4 rings (SSSR count). The molecule has 5 nitrogen and oxygen atoms in total. The lowest BCUT2D eigenvalue weighted by atomic mass is 9.91. The molecule has 0 fully saturated rings. The predicted octanol–water partition coefficient (Wildman–Crippen LogP) is 6.08. The number of carbonyl (C=O) groups is 1. The van der Waals surface area contributed by atoms with Gasteiger partial charge in [-0.2, -0.15) is 13.2 Å². The number of benzene rings is 2. The SMILES string of the molecule is COC(=O)COc1ccc(SCc2cc(-c3ccc(C(F)(F)F)cc3)on2)c2c1CCCC2. The Labute approximate surface area is 193 Å². The van der Waals surface area contributed by atoms with Crippen LogP contribution in [0.1, 0.15) is 35.2 Å². The van der Waals surface area contributed by atoms with Gasteiger partial charge in [0.05, 0.1) is 18.4 Å². The van der Waals surface area contributed by atoms with Gasteiger partial charge in [0.1, 0.15) is 5.75 Å². The van der Waals surface area contributed by atoms with Gasteiger partial charge in [0.2, 0.25) is 0 Å². The molecule has 1 aliphatic carbocycles. The van der Waals surface area contributed by atoms with E-state index in [1.54, 1.807) is 17.8 Å². The summed E-state index contributed by atoms with van der Waals surface area (Å²) in [5, 5.41) is 4.07. The summed E-state index contributed by atoms with van der Waals surface area (Å²) in [6.07, 6.45) is -0.399. The molecule has 2 aromatic carbocycles. The molecule has 0 unspecified atom stereocenters. The zero-order valence-corrected chi connectivity index (χ0v) is 18.7. The fraction of sp³-hybridized carbons (Fsp3) is 0.333. The molecule has 3 aromatic rings. The van der Waals surface area contributed by atoms with Gasteiger partial charge in [0, 0.05) is 22.3 Å². The van der Waals surface area contributed by atoms with Crippen LogP contribution in [0.3, 0.4) is 0 Å². The van der Waals surface area contributed by atoms with Crippen molar-refractivity contribution in [2.24, 2.45) is 0 Å². The first-order valence-corrected chi connectivity index (χ1v) is 11.4. The fourth-order valence-electron chi connectivity index (χ4n) is 3.76. The van der Waals surface area contributed by atoms with Crippen molar-refractivity contribution in [3.8, 4) is 17.1 Å². The van der Waals surface area contributed by atoms with Crippen molar-refractivity contribution in [2.75, 3.05) is 13.7 Å². The van der Waals surface area contributed by atoms with Crippen molar-refractivity contribution in [3.05, 3.63) is 64.8 Å². The molecule has 0 radical (unpaired) electrons. The van der Waals surface area contributed by atoms with E-state index in [0.717, 1.165) is 48.3 Å². The van der Waals surface area contributed by atoms with E-state index in [1.165, 1.54) is 24.8 Å². The number of carbonyl (C=O) groups excluding carboxylic acids is 1. The number of halogens is 3. The van der Waals surface area contributed by atoms with Crippen LogP contribution < -0.4 is 4.74 Å². The Morgan fingerprint density at radius 3 is 2.52 bits per heavy atom. The number of thioether (sulfide) groups is 1. The van der Waals surface area contributed by atoms with Gasteiger partial charge in [0.25, 0.3) is 0 Å². The lowest BCUT2D eigenvalue weighted by molar-refractivity contribution is -0.143. The highest BCUT2D eigenvalue weighted by atomic mass is 32.2. The van der Waals surface area contributed by atoms with E-state index in [4.69, 9.17) is 9.26 Å². The maximum atomic E-state index is 12.8. The second-order valence-electron chi connectivity index (χ2n) is 7.64. The first-order chi connectivity index (χ1) is 15.8. The van der Waals surface area contributed by atoms with Crippen LogP contribution in [0.25, 0.3) is 11.3 Å². The van der Waals surface area contributed by atoms with Crippen molar-refractivity contribution >= 4 is 17.7 Å². The number of hydrogen-bond acceptors (Lipinski definition) is 6. The van der Waals surface area contributed by atoms with Crippen molar-refractivity contribution in [1.29, 1.82) is 0 Å². The number of nitrogens with zero attached hydrogens (tertiary/aromatic N) is 1. The maximum Gasteiger partial charge on any atom is 0.416 e. The number of methoxy groups -OCH3 is 1. The van der Waals surface area contributed by atoms with E-state index >= 15 is 0 Å². The zero-order chi connectivity index (χ0) is 23.4. The first-order valence-electron chi connectivity index (χ1n) is 10.5. The zero-order valence-electron chi connectivity index (χ0n) is 17.9. The summed E-state index contributed by atoms with van der Waals surface area (Å²) in [7, 11) is 1.33. The van der Waals surface area contributed by atoms with Crippen LogP contribution >= 0.6 is 11.8 Å². The lowest BCUT2D eigenvalue weighted by Crippen LogP contribution is -2.15. The summed E-state index contributed by atoms with van der Waals surface area (Å²) >= 11 is 1.62. The highest BCUT2D eigenvalue weighted by Crippen LogP contribution is 2.38. The fourth-order valence-corrected chi connectivity index (χ4v) is 4.76. The van der Waals surface area contributed by atoms with Crippen LogP contribution in [0, 0.1) is 0 Å². The van der Waals surface area contributed by atoms with E-state index < -0.39 is 17.7 Å². The minimum absolute atomic E-state index is 0.124. The third-order valence-electron chi connectivity index (χ3n) is 5.45. The van der Waals surface area contributed by atoms with E-state index in [2.05, 4.69) is 9.89 Å². The van der Waals surface area contributed by atoms with Gasteiger partial charge in [-0.25, -0.2) is 4.79 Å². The summed E-state index contributed by atoms with van der Waals surface area (Å²) in [6, 6.07) is 10.4. The molecule has 0 atom stereocenters. The molecule has 174 valence electrons. The summed E-state index contributed by atoms with van der Waals surface area (Å²) in [5.41, 5.74) is 2.88. The number of esters is 1. The summed E-state index contributed by atoms with van der Waals surface area (Å²) < 4.78 is 54.0. The second kappa shape index (κ2) is 9.91. The van der Waals surface area contributed by atoms with Crippen LogP contribution in [0.5, 0.6) is 5.75 Å². The third-order valence-corrected chi connectivity index (χ3v) is 6.59. The highest BCUT2D eigenvalue weighted by molar-refractivity contribution is 7.98. The lowest BCUT2D eigenvalue weighted by Gasteiger charge is -2.22. The Morgan fingerprint density at radius 1 is 1.09 bits per heavy atom. The van der Waals surface area contributed by atoms with Crippen molar-refractivity contribution in [1.82, 2.24) is 5.16 Å². The average molecular weight is 478 g/mol. The largest absolute Gasteiger partial charge is 0.482 e. The van der Waals surface area contributed by atoms with Crippen LogP contribution in [0.2, 0.25) is 0 Å². The number of ether oxygens (including phenoxy) is 2. The molecule has 33 heavy (non-hydrogen) atoms. The van der Waals surface area contributed by atoms with Crippen LogP contribution in [0.15, 0.2) is 51.9 Å². The number of rotatable bonds is 7. The quantitative estimate of drug-likeness (QED) is 0.303. The molecule has 0 spiro atoms. The molecule has 0 saturated heterocycles. The van der Waals surface area contributed by atoms with Crippen molar-refractivity contribution in [3.63, 3.8) is 0 Å². The average Bonchev–Trinajstić information content (AvgIpc) is 3.30. The van der Waals surface area contributed by atoms with E-state index in [0.29, 0.717) is 28.5 Å². The van der Waals surface area contributed by atoms with E-state index in [-0.39, 0.29) is 6.61 Å². The number of fused-ring (bicyclic) bond motifs is 1. The molecule has 9 heteroatoms. The number of hydrogen-bond donors (Lipinski definition) is 0. The van der Waals surface area contributed by atoms with Gasteiger partial charge in [-0.15, -0.1) is 11.8 Å². The molecule has 0 N–H and O–H groups in total. The Balaban J connectivity index is 1.45. The Bertz CT molecular complexity index is 1130. The molecule has 1 aromatic heterocycles. The normalized spacial score (nSPS) is 13.5. The standard InChI is InChI=1S/C24H22F3NO4S/c1-30-23(29)13-31-20-10-11-22(19-5-3-2-4-18(19)20)33-14-17-12-21(32-28-17)15-6-8-16(9-7-15)24(25,26)27/h6-12H,2-5,13-14H2,1H3. The van der Waals surface area contributed by atoms with Crippen LogP contribution in [0.4, 0.5) is 13.2 Å². The van der Waals surface area contributed by atoms with Gasteiger partial charge in [-0.05, 0) is 61.1 Å². The van der Waals surface area contributed by atoms with Crippen molar-refractivity contribution in [2.45, 2.75) is 42.5 Å². The summed E-state index contributed by atoms with van der Waals surface area (Å²) in [4.78, 5) is 12.5. The molecular formula is C24H22F3NO4S. The monoisotopic (exact) mass is 477 g/mol. The number of alkyl halides is 3. The molecular weight excluding hydrogens is 455 g/mol. The Kier molecular flexibility index (Phi) is 6.97. The van der Waals surface area contributed by atoms with Gasteiger partial charge >= 0.3 is 12.1 Å². The summed E-state index contributed by atoms with van der Waals surface area (Å²) in [6.45, 7) is -0.124. The third kappa shape index (κ3) is 5.52. The predicted molar refractivity (Wildman–Crippen MR) is 117 cm³/mol. The smallest absolute Gasteiger partial charge is 0.416 e. The molecule has 1 heterocycles. The van der Waals surface area contributed by atoms with Gasteiger partial charge in [-0.3, -0.25) is 0 Å². The van der Waals surface area contributed by atoms with Crippen LogP contribution in [-0.2, 0) is 34.3 Å². The van der Waals surface area contributed by atoms with Crippen molar-refractivity contribution < 1.29 is 32.0 Å². The van der Waals surface area contributed by atoms with E-state index in [9.17, 15) is 18.0 Å². The molecule has 0 bridgehead atoms. The van der Waals surface area contributed by atoms with E-state index in [1.807, 2.05) is 12.1 Å². The minimum Gasteiger partial charge on any atom is -0.482 e.